The molecule has 3 N–H and O–H groups in total. The van der Waals surface area contributed by atoms with Crippen LogP contribution in [0.15, 0.2) is 24.3 Å². The van der Waals surface area contributed by atoms with Crippen molar-refractivity contribution < 1.29 is 4.92 Å². The molecule has 7 heteroatoms. The van der Waals surface area contributed by atoms with Crippen LogP contribution in [0.3, 0.4) is 0 Å². The summed E-state index contributed by atoms with van der Waals surface area (Å²) < 4.78 is 0. The van der Waals surface area contributed by atoms with E-state index in [9.17, 15) is 10.1 Å². The Kier molecular flexibility index (Phi) is 3.92. The van der Waals surface area contributed by atoms with Crippen LogP contribution in [0.4, 0.5) is 11.4 Å². The number of nitrogens with one attached hydrogen (secondary N) is 3. The van der Waals surface area contributed by atoms with Gasteiger partial charge in [0.1, 0.15) is 5.69 Å². The van der Waals surface area contributed by atoms with Gasteiger partial charge < -0.3 is 5.32 Å². The number of thiocarbonyl (C=S) groups is 1. The summed E-state index contributed by atoms with van der Waals surface area (Å²) in [5, 5.41) is 14.7. The van der Waals surface area contributed by atoms with Crippen LogP contribution in [0.2, 0.25) is 0 Å². The maximum absolute atomic E-state index is 10.9. The SMILES string of the molecule is O=[N+]([O-])c1ccccc1NNC(=S)N[C@H]1C[C@H]2CC[C@H]1C2. The molecule has 0 aliphatic heterocycles. The molecule has 2 saturated carbocycles. The predicted molar refractivity (Wildman–Crippen MR) is 84.8 cm³/mol. The number of hydrogen-bond donors (Lipinski definition) is 3. The minimum Gasteiger partial charge on any atom is -0.358 e. The second-order valence-corrected chi connectivity index (χ2v) is 6.19. The molecule has 2 aliphatic carbocycles. The number of benzene rings is 1. The number of rotatable bonds is 4. The van der Waals surface area contributed by atoms with Crippen molar-refractivity contribution >= 4 is 28.7 Å². The van der Waals surface area contributed by atoms with Crippen LogP contribution in [0, 0.1) is 22.0 Å². The first-order valence-electron chi connectivity index (χ1n) is 7.19. The Morgan fingerprint density at radius 1 is 1.29 bits per heavy atom. The lowest BCUT2D eigenvalue weighted by Gasteiger charge is -2.24. The van der Waals surface area contributed by atoms with Crippen LogP contribution in [0.1, 0.15) is 25.7 Å². The summed E-state index contributed by atoms with van der Waals surface area (Å²) in [6.45, 7) is 0. The van der Waals surface area contributed by atoms with Gasteiger partial charge in [0, 0.05) is 12.1 Å². The van der Waals surface area contributed by atoms with Crippen LogP contribution in [0.25, 0.3) is 0 Å². The highest BCUT2D eigenvalue weighted by molar-refractivity contribution is 7.80. The smallest absolute Gasteiger partial charge is 0.294 e. The third kappa shape index (κ3) is 3.07. The Balaban J connectivity index is 1.53. The van der Waals surface area contributed by atoms with Crippen molar-refractivity contribution in [2.24, 2.45) is 11.8 Å². The number of hydrazine groups is 1. The van der Waals surface area contributed by atoms with E-state index >= 15 is 0 Å². The van der Waals surface area contributed by atoms with Gasteiger partial charge in [0.05, 0.1) is 4.92 Å². The zero-order valence-electron chi connectivity index (χ0n) is 11.5. The van der Waals surface area contributed by atoms with E-state index in [1.54, 1.807) is 18.2 Å². The van der Waals surface area contributed by atoms with E-state index < -0.39 is 4.92 Å². The first kappa shape index (κ1) is 14.1. The van der Waals surface area contributed by atoms with Gasteiger partial charge in [-0.3, -0.25) is 21.0 Å². The van der Waals surface area contributed by atoms with Gasteiger partial charge in [-0.05, 0) is 49.4 Å². The van der Waals surface area contributed by atoms with Gasteiger partial charge >= 0.3 is 0 Å². The van der Waals surface area contributed by atoms with Gasteiger partial charge in [-0.25, -0.2) is 0 Å². The van der Waals surface area contributed by atoms with E-state index in [2.05, 4.69) is 16.2 Å². The molecule has 3 rings (SSSR count). The standard InChI is InChI=1S/C14H18N4O2S/c19-18(20)13-4-2-1-3-11(13)16-17-14(21)15-12-8-9-5-6-10(12)7-9/h1-4,9-10,12,16H,5-8H2,(H2,15,17,21)/t9-,10-,12-/m0/s1. The average Bonchev–Trinajstić information content (AvgIpc) is 3.08. The summed E-state index contributed by atoms with van der Waals surface area (Å²) >= 11 is 5.26. The Hall–Kier alpha value is -1.89. The lowest BCUT2D eigenvalue weighted by molar-refractivity contribution is -0.384. The molecule has 0 unspecified atom stereocenters. The number of hydrogen-bond acceptors (Lipinski definition) is 4. The normalized spacial score (nSPS) is 26.4. The molecule has 0 radical (unpaired) electrons. The quantitative estimate of drug-likeness (QED) is 0.451. The lowest BCUT2D eigenvalue weighted by atomic mass is 9.96. The summed E-state index contributed by atoms with van der Waals surface area (Å²) in [6, 6.07) is 6.91. The molecule has 0 amide bonds. The van der Waals surface area contributed by atoms with Crippen molar-refractivity contribution in [3.63, 3.8) is 0 Å². The maximum Gasteiger partial charge on any atom is 0.294 e. The fourth-order valence-electron chi connectivity index (χ4n) is 3.49. The number of nitro benzene ring substituents is 1. The molecule has 0 spiro atoms. The first-order chi connectivity index (χ1) is 10.1. The fourth-order valence-corrected chi connectivity index (χ4v) is 3.69. The molecule has 2 bridgehead atoms. The molecule has 3 atom stereocenters. The Morgan fingerprint density at radius 3 is 2.76 bits per heavy atom. The number of fused-ring (bicyclic) bond motifs is 2. The van der Waals surface area contributed by atoms with E-state index in [0.717, 1.165) is 11.8 Å². The van der Waals surface area contributed by atoms with Gasteiger partial charge in [-0.15, -0.1) is 0 Å². The maximum atomic E-state index is 10.9. The van der Waals surface area contributed by atoms with Crippen molar-refractivity contribution in [3.8, 4) is 0 Å². The van der Waals surface area contributed by atoms with E-state index in [4.69, 9.17) is 12.2 Å². The molecule has 1 aromatic rings. The second-order valence-electron chi connectivity index (χ2n) is 5.78. The third-order valence-corrected chi connectivity index (χ3v) is 4.69. The number of nitro groups is 1. The third-order valence-electron chi connectivity index (χ3n) is 4.47. The van der Waals surface area contributed by atoms with E-state index in [0.29, 0.717) is 16.8 Å². The van der Waals surface area contributed by atoms with Gasteiger partial charge in [0.25, 0.3) is 5.69 Å². The molecule has 6 nitrogen and oxygen atoms in total. The zero-order chi connectivity index (χ0) is 14.8. The first-order valence-corrected chi connectivity index (χ1v) is 7.60. The fraction of sp³-hybridized carbons (Fsp3) is 0.500. The number of para-hydroxylation sites is 2. The van der Waals surface area contributed by atoms with Crippen LogP contribution >= 0.6 is 12.2 Å². The Bertz CT molecular complexity index is 566. The van der Waals surface area contributed by atoms with E-state index in [1.807, 2.05) is 0 Å². The van der Waals surface area contributed by atoms with Crippen molar-refractivity contribution in [3.05, 3.63) is 34.4 Å². The van der Waals surface area contributed by atoms with E-state index in [-0.39, 0.29) is 5.69 Å². The van der Waals surface area contributed by atoms with Gasteiger partial charge in [-0.1, -0.05) is 18.6 Å². The van der Waals surface area contributed by atoms with Crippen molar-refractivity contribution in [1.29, 1.82) is 0 Å². The lowest BCUT2D eigenvalue weighted by Crippen LogP contribution is -2.46. The van der Waals surface area contributed by atoms with Crippen LogP contribution < -0.4 is 16.2 Å². The summed E-state index contributed by atoms with van der Waals surface area (Å²) in [7, 11) is 0. The summed E-state index contributed by atoms with van der Waals surface area (Å²) in [5.41, 5.74) is 6.09. The molecule has 112 valence electrons. The predicted octanol–water partition coefficient (Wildman–Crippen LogP) is 2.57. The van der Waals surface area contributed by atoms with Crippen molar-refractivity contribution in [2.45, 2.75) is 31.7 Å². The average molecular weight is 306 g/mol. The molecule has 2 aliphatic rings. The summed E-state index contributed by atoms with van der Waals surface area (Å²) in [6.07, 6.45) is 5.11. The van der Waals surface area contributed by atoms with Gasteiger partial charge in [0.15, 0.2) is 5.11 Å². The monoisotopic (exact) mass is 306 g/mol. The highest BCUT2D eigenvalue weighted by atomic mass is 32.1. The molecule has 0 heterocycles. The largest absolute Gasteiger partial charge is 0.358 e. The van der Waals surface area contributed by atoms with E-state index in [1.165, 1.54) is 31.7 Å². The van der Waals surface area contributed by atoms with Crippen LogP contribution in [-0.4, -0.2) is 16.1 Å². The summed E-state index contributed by atoms with van der Waals surface area (Å²) in [4.78, 5) is 10.5. The molecule has 0 aromatic heterocycles. The Labute approximate surface area is 128 Å². The molecular formula is C14H18N4O2S. The van der Waals surface area contributed by atoms with Crippen LogP contribution in [0.5, 0.6) is 0 Å². The minimum atomic E-state index is -0.420. The molecule has 21 heavy (non-hydrogen) atoms. The second kappa shape index (κ2) is 5.85. The highest BCUT2D eigenvalue weighted by Gasteiger charge is 2.39. The highest BCUT2D eigenvalue weighted by Crippen LogP contribution is 2.44. The van der Waals surface area contributed by atoms with Crippen LogP contribution in [-0.2, 0) is 0 Å². The van der Waals surface area contributed by atoms with Crippen molar-refractivity contribution in [1.82, 2.24) is 10.7 Å². The molecular weight excluding hydrogens is 288 g/mol. The Morgan fingerprint density at radius 2 is 2.10 bits per heavy atom. The van der Waals surface area contributed by atoms with Gasteiger partial charge in [0.2, 0.25) is 0 Å². The van der Waals surface area contributed by atoms with Gasteiger partial charge in [-0.2, -0.15) is 0 Å². The molecule has 2 fully saturated rings. The van der Waals surface area contributed by atoms with Crippen molar-refractivity contribution in [2.75, 3.05) is 5.43 Å². The number of nitrogens with zero attached hydrogens (tertiary/aromatic N) is 1. The zero-order valence-corrected chi connectivity index (χ0v) is 12.4. The number of anilines is 1. The summed E-state index contributed by atoms with van der Waals surface area (Å²) in [5.74, 6) is 1.57. The minimum absolute atomic E-state index is 0.0210. The topological polar surface area (TPSA) is 79.2 Å². The molecule has 0 saturated heterocycles. The molecule has 1 aromatic carbocycles.